The number of alkyl halides is 3. The first-order valence-corrected chi connectivity index (χ1v) is 9.04. The minimum absolute atomic E-state index is 0.0535. The van der Waals surface area contributed by atoms with E-state index < -0.39 is 27.3 Å². The molecule has 140 valence electrons. The highest BCUT2D eigenvalue weighted by molar-refractivity contribution is 7.90. The fraction of sp³-hybridized carbons (Fsp3) is 0.267. The third-order valence-corrected chi connectivity index (χ3v) is 4.33. The smallest absolute Gasteiger partial charge is 0.366 e. The third kappa shape index (κ3) is 4.10. The molecule has 0 aliphatic heterocycles. The van der Waals surface area contributed by atoms with Crippen LogP contribution in [0, 0.1) is 0 Å². The normalized spacial score (nSPS) is 12.0. The molecule has 0 aliphatic carbocycles. The number of hydrogen-bond donors (Lipinski definition) is 1. The lowest BCUT2D eigenvalue weighted by Gasteiger charge is -2.10. The van der Waals surface area contributed by atoms with Gasteiger partial charge in [-0.25, -0.2) is 13.4 Å². The number of anilines is 1. The van der Waals surface area contributed by atoms with E-state index in [2.05, 4.69) is 22.0 Å². The number of nitrogens with one attached hydrogen (secondary N) is 1. The molecule has 2 rings (SSSR count). The Morgan fingerprint density at radius 1 is 1.38 bits per heavy atom. The van der Waals surface area contributed by atoms with E-state index in [1.54, 1.807) is 6.92 Å². The number of nitrogens with zero attached hydrogens (tertiary/aromatic N) is 3. The first kappa shape index (κ1) is 19.6. The first-order valence-electron chi connectivity index (χ1n) is 7.15. The fourth-order valence-corrected chi connectivity index (χ4v) is 2.60. The summed E-state index contributed by atoms with van der Waals surface area (Å²) < 4.78 is 63.3. The predicted octanol–water partition coefficient (Wildman–Crippen LogP) is 2.49. The third-order valence-electron chi connectivity index (χ3n) is 3.23. The lowest BCUT2D eigenvalue weighted by Crippen LogP contribution is -2.11. The largest absolute Gasteiger partial charge is 0.435 e. The monoisotopic (exact) mass is 388 g/mol. The fourth-order valence-electron chi connectivity index (χ4n) is 2.04. The molecule has 0 radical (unpaired) electrons. The zero-order chi connectivity index (χ0) is 19.7. The molecule has 0 unspecified atom stereocenters. The number of carbonyl (C=O) groups excluding carboxylic acids is 1. The zero-order valence-electron chi connectivity index (χ0n) is 13.8. The number of aromatic nitrogens is 3. The summed E-state index contributed by atoms with van der Waals surface area (Å²) in [7, 11) is -3.52. The molecule has 26 heavy (non-hydrogen) atoms. The maximum atomic E-state index is 13.2. The van der Waals surface area contributed by atoms with Crippen LogP contribution in [0.4, 0.5) is 19.0 Å². The predicted molar refractivity (Wildman–Crippen MR) is 88.2 cm³/mol. The highest BCUT2D eigenvalue weighted by Gasteiger charge is 2.39. The first-order chi connectivity index (χ1) is 11.9. The van der Waals surface area contributed by atoms with Gasteiger partial charge in [0.25, 0.3) is 0 Å². The SMILES string of the molecule is C=C(C)CNc1c(C=O)c(C(F)(F)F)nn1-c1ccc(S(C)(=O)=O)cn1. The maximum Gasteiger partial charge on any atom is 0.435 e. The molecule has 2 aromatic heterocycles. The average molecular weight is 388 g/mol. The lowest BCUT2D eigenvalue weighted by molar-refractivity contribution is -0.141. The van der Waals surface area contributed by atoms with E-state index in [-0.39, 0.29) is 29.4 Å². The summed E-state index contributed by atoms with van der Waals surface area (Å²) in [6.07, 6.45) is -2.82. The lowest BCUT2D eigenvalue weighted by atomic mass is 10.2. The highest BCUT2D eigenvalue weighted by Crippen LogP contribution is 2.34. The molecule has 0 amide bonds. The van der Waals surface area contributed by atoms with E-state index in [9.17, 15) is 26.4 Å². The van der Waals surface area contributed by atoms with Crippen molar-refractivity contribution in [3.63, 3.8) is 0 Å². The number of pyridine rings is 1. The van der Waals surface area contributed by atoms with E-state index >= 15 is 0 Å². The van der Waals surface area contributed by atoms with Gasteiger partial charge in [0, 0.05) is 19.0 Å². The Bertz CT molecular complexity index is 948. The van der Waals surface area contributed by atoms with Crippen molar-refractivity contribution in [1.29, 1.82) is 0 Å². The van der Waals surface area contributed by atoms with Gasteiger partial charge in [-0.1, -0.05) is 12.2 Å². The number of hydrogen-bond acceptors (Lipinski definition) is 6. The van der Waals surface area contributed by atoms with Crippen LogP contribution in [-0.2, 0) is 16.0 Å². The Hall–Kier alpha value is -2.69. The molecule has 0 spiro atoms. The van der Waals surface area contributed by atoms with Crippen LogP contribution in [0.1, 0.15) is 23.0 Å². The van der Waals surface area contributed by atoms with Crippen LogP contribution in [0.2, 0.25) is 0 Å². The summed E-state index contributed by atoms with van der Waals surface area (Å²) in [4.78, 5) is 15.0. The van der Waals surface area contributed by atoms with Gasteiger partial charge < -0.3 is 5.32 Å². The molecule has 1 N–H and O–H groups in total. The van der Waals surface area contributed by atoms with Crippen molar-refractivity contribution in [2.75, 3.05) is 18.1 Å². The van der Waals surface area contributed by atoms with Gasteiger partial charge in [-0.15, -0.1) is 0 Å². The molecule has 0 aliphatic rings. The minimum atomic E-state index is -4.85. The van der Waals surface area contributed by atoms with Crippen molar-refractivity contribution < 1.29 is 26.4 Å². The average Bonchev–Trinajstić information content (AvgIpc) is 2.90. The molecule has 2 aromatic rings. The standard InChI is InChI=1S/C15H15F3N4O3S/c1-9(2)6-20-14-11(8-23)13(15(16,17)18)21-22(14)12-5-4-10(7-19-12)26(3,24)25/h4-5,7-8,20H,1,6H2,2-3H3. The molecule has 2 heterocycles. The summed E-state index contributed by atoms with van der Waals surface area (Å²) in [5, 5.41) is 6.13. The Kier molecular flexibility index (Phi) is 5.21. The van der Waals surface area contributed by atoms with Crippen molar-refractivity contribution >= 4 is 21.9 Å². The van der Waals surface area contributed by atoms with Crippen LogP contribution < -0.4 is 5.32 Å². The van der Waals surface area contributed by atoms with Gasteiger partial charge in [0.1, 0.15) is 5.82 Å². The Morgan fingerprint density at radius 3 is 2.46 bits per heavy atom. The van der Waals surface area contributed by atoms with Crippen molar-refractivity contribution in [3.05, 3.63) is 41.7 Å². The van der Waals surface area contributed by atoms with Gasteiger partial charge in [-0.05, 0) is 19.1 Å². The highest BCUT2D eigenvalue weighted by atomic mass is 32.2. The van der Waals surface area contributed by atoms with Gasteiger partial charge >= 0.3 is 6.18 Å². The Morgan fingerprint density at radius 2 is 2.04 bits per heavy atom. The second kappa shape index (κ2) is 6.90. The molecule has 0 saturated heterocycles. The van der Waals surface area contributed by atoms with Crippen LogP contribution in [0.5, 0.6) is 0 Å². The van der Waals surface area contributed by atoms with Gasteiger partial charge in [0.05, 0.1) is 10.5 Å². The second-order valence-electron chi connectivity index (χ2n) is 5.57. The van der Waals surface area contributed by atoms with Crippen LogP contribution in [0.25, 0.3) is 5.82 Å². The minimum Gasteiger partial charge on any atom is -0.366 e. The number of aldehydes is 1. The number of carbonyl (C=O) groups is 1. The van der Waals surface area contributed by atoms with E-state index in [0.717, 1.165) is 17.1 Å². The molecule has 0 fully saturated rings. The summed E-state index contributed by atoms with van der Waals surface area (Å²) in [5.74, 6) is -0.296. The molecule has 7 nitrogen and oxygen atoms in total. The Labute approximate surface area is 147 Å². The van der Waals surface area contributed by atoms with Crippen LogP contribution in [-0.4, -0.2) is 42.3 Å². The van der Waals surface area contributed by atoms with Crippen molar-refractivity contribution in [3.8, 4) is 5.82 Å². The van der Waals surface area contributed by atoms with Crippen LogP contribution in [0.15, 0.2) is 35.4 Å². The van der Waals surface area contributed by atoms with Gasteiger partial charge in [-0.2, -0.15) is 23.0 Å². The van der Waals surface area contributed by atoms with E-state index in [1.807, 2.05) is 0 Å². The zero-order valence-corrected chi connectivity index (χ0v) is 14.6. The van der Waals surface area contributed by atoms with Crippen molar-refractivity contribution in [2.45, 2.75) is 18.0 Å². The molecule has 11 heteroatoms. The van der Waals surface area contributed by atoms with E-state index in [1.165, 1.54) is 12.1 Å². The molecular formula is C15H15F3N4O3S. The van der Waals surface area contributed by atoms with Gasteiger partial charge in [-0.3, -0.25) is 4.79 Å². The molecular weight excluding hydrogens is 373 g/mol. The second-order valence-corrected chi connectivity index (χ2v) is 7.59. The van der Waals surface area contributed by atoms with Crippen molar-refractivity contribution in [2.24, 2.45) is 0 Å². The quantitative estimate of drug-likeness (QED) is 0.604. The van der Waals surface area contributed by atoms with Gasteiger partial charge in [0.2, 0.25) is 0 Å². The van der Waals surface area contributed by atoms with Crippen LogP contribution >= 0.6 is 0 Å². The van der Waals surface area contributed by atoms with Crippen LogP contribution in [0.3, 0.4) is 0 Å². The van der Waals surface area contributed by atoms with Crippen molar-refractivity contribution in [1.82, 2.24) is 14.8 Å². The number of sulfone groups is 1. The summed E-state index contributed by atoms with van der Waals surface area (Å²) in [5.41, 5.74) is -1.43. The topological polar surface area (TPSA) is 94.0 Å². The molecule has 0 aromatic carbocycles. The number of halogens is 3. The number of rotatable bonds is 6. The molecule has 0 atom stereocenters. The van der Waals surface area contributed by atoms with Gasteiger partial charge in [0.15, 0.2) is 27.6 Å². The molecule has 0 saturated carbocycles. The summed E-state index contributed by atoms with van der Waals surface area (Å²) in [6, 6.07) is 2.39. The van der Waals surface area contributed by atoms with E-state index in [0.29, 0.717) is 5.57 Å². The Balaban J connectivity index is 2.64. The molecule has 0 bridgehead atoms. The maximum absolute atomic E-state index is 13.2. The summed E-state index contributed by atoms with van der Waals surface area (Å²) >= 11 is 0. The summed E-state index contributed by atoms with van der Waals surface area (Å²) in [6.45, 7) is 5.39. The van der Waals surface area contributed by atoms with E-state index in [4.69, 9.17) is 0 Å².